The molecule has 0 amide bonds. The van der Waals surface area contributed by atoms with Crippen LogP contribution in [-0.2, 0) is 15.9 Å². The monoisotopic (exact) mass is 276 g/mol. The van der Waals surface area contributed by atoms with Gasteiger partial charge in [0.05, 0.1) is 19.8 Å². The van der Waals surface area contributed by atoms with Crippen LogP contribution >= 0.6 is 0 Å². The second-order valence-corrected chi connectivity index (χ2v) is 6.24. The first-order chi connectivity index (χ1) is 9.74. The summed E-state index contributed by atoms with van der Waals surface area (Å²) in [6.07, 6.45) is 5.97. The highest BCUT2D eigenvalue weighted by atomic mass is 16.5. The van der Waals surface area contributed by atoms with Crippen LogP contribution in [0, 0.1) is 12.3 Å². The zero-order chi connectivity index (χ0) is 14.3. The van der Waals surface area contributed by atoms with Crippen LogP contribution in [0.25, 0.3) is 0 Å². The van der Waals surface area contributed by atoms with Crippen molar-refractivity contribution in [2.75, 3.05) is 26.4 Å². The molecule has 0 spiro atoms. The van der Waals surface area contributed by atoms with E-state index in [9.17, 15) is 0 Å². The standard InChI is InChI=1S/C18H28O2/c1-3-10-18(14-20-15-18)13-19-11-5-4-8-17-9-6-7-16(2)12-17/h6-7,9,12H,3-5,8,10-11,13-15H2,1-2H3. The Morgan fingerprint density at radius 2 is 2.10 bits per heavy atom. The molecule has 20 heavy (non-hydrogen) atoms. The molecule has 0 atom stereocenters. The van der Waals surface area contributed by atoms with E-state index in [1.54, 1.807) is 0 Å². The number of benzene rings is 1. The molecule has 0 N–H and O–H groups in total. The van der Waals surface area contributed by atoms with Gasteiger partial charge in [0.1, 0.15) is 0 Å². The largest absolute Gasteiger partial charge is 0.381 e. The number of unbranched alkanes of at least 4 members (excludes halogenated alkanes) is 1. The Hall–Kier alpha value is -0.860. The summed E-state index contributed by atoms with van der Waals surface area (Å²) in [5.74, 6) is 0. The number of ether oxygens (including phenoxy) is 2. The van der Waals surface area contributed by atoms with Crippen LogP contribution in [0.1, 0.15) is 43.7 Å². The Bertz CT molecular complexity index is 396. The quantitative estimate of drug-likeness (QED) is 0.631. The van der Waals surface area contributed by atoms with Crippen molar-refractivity contribution in [3.8, 4) is 0 Å². The summed E-state index contributed by atoms with van der Waals surface area (Å²) in [5.41, 5.74) is 3.13. The lowest BCUT2D eigenvalue weighted by Gasteiger charge is -2.41. The minimum Gasteiger partial charge on any atom is -0.381 e. The fourth-order valence-electron chi connectivity index (χ4n) is 2.91. The molecule has 0 unspecified atom stereocenters. The molecule has 2 nitrogen and oxygen atoms in total. The van der Waals surface area contributed by atoms with Gasteiger partial charge in [-0.15, -0.1) is 0 Å². The van der Waals surface area contributed by atoms with E-state index in [0.29, 0.717) is 5.41 Å². The maximum atomic E-state index is 5.88. The molecule has 2 rings (SSSR count). The van der Waals surface area contributed by atoms with Crippen LogP contribution in [0.3, 0.4) is 0 Å². The van der Waals surface area contributed by atoms with Gasteiger partial charge in [-0.05, 0) is 38.2 Å². The summed E-state index contributed by atoms with van der Waals surface area (Å²) in [5, 5.41) is 0. The number of hydrogen-bond acceptors (Lipinski definition) is 2. The second kappa shape index (κ2) is 7.80. The smallest absolute Gasteiger partial charge is 0.0567 e. The van der Waals surface area contributed by atoms with Crippen LogP contribution in [0.2, 0.25) is 0 Å². The van der Waals surface area contributed by atoms with E-state index in [0.717, 1.165) is 39.3 Å². The van der Waals surface area contributed by atoms with E-state index in [1.807, 2.05) is 0 Å². The molecule has 1 aliphatic heterocycles. The Balaban J connectivity index is 1.55. The summed E-state index contributed by atoms with van der Waals surface area (Å²) < 4.78 is 11.2. The van der Waals surface area contributed by atoms with Crippen molar-refractivity contribution in [1.82, 2.24) is 0 Å². The molecule has 112 valence electrons. The molecular weight excluding hydrogens is 248 g/mol. The minimum atomic E-state index is 0.339. The van der Waals surface area contributed by atoms with Crippen molar-refractivity contribution in [2.45, 2.75) is 46.0 Å². The molecule has 1 aromatic carbocycles. The van der Waals surface area contributed by atoms with Gasteiger partial charge in [0.15, 0.2) is 0 Å². The first-order valence-electron chi connectivity index (χ1n) is 7.95. The van der Waals surface area contributed by atoms with Crippen LogP contribution in [0.15, 0.2) is 24.3 Å². The molecule has 0 radical (unpaired) electrons. The lowest BCUT2D eigenvalue weighted by molar-refractivity contribution is -0.152. The average Bonchev–Trinajstić information content (AvgIpc) is 2.39. The lowest BCUT2D eigenvalue weighted by atomic mass is 9.82. The maximum Gasteiger partial charge on any atom is 0.0567 e. The van der Waals surface area contributed by atoms with Crippen LogP contribution in [0.5, 0.6) is 0 Å². The molecule has 2 heteroatoms. The highest BCUT2D eigenvalue weighted by Crippen LogP contribution is 2.33. The minimum absolute atomic E-state index is 0.339. The topological polar surface area (TPSA) is 18.5 Å². The first kappa shape index (κ1) is 15.5. The number of hydrogen-bond donors (Lipinski definition) is 0. The van der Waals surface area contributed by atoms with Crippen molar-refractivity contribution in [2.24, 2.45) is 5.41 Å². The second-order valence-electron chi connectivity index (χ2n) is 6.24. The van der Waals surface area contributed by atoms with Crippen molar-refractivity contribution in [3.63, 3.8) is 0 Å². The van der Waals surface area contributed by atoms with Gasteiger partial charge < -0.3 is 9.47 Å². The Kier molecular flexibility index (Phi) is 6.06. The Morgan fingerprint density at radius 1 is 1.25 bits per heavy atom. The average molecular weight is 276 g/mol. The maximum absolute atomic E-state index is 5.88. The highest BCUT2D eigenvalue weighted by molar-refractivity contribution is 5.22. The van der Waals surface area contributed by atoms with E-state index in [-0.39, 0.29) is 0 Å². The van der Waals surface area contributed by atoms with E-state index in [4.69, 9.17) is 9.47 Å². The van der Waals surface area contributed by atoms with E-state index >= 15 is 0 Å². The van der Waals surface area contributed by atoms with E-state index in [1.165, 1.54) is 30.4 Å². The normalized spacial score (nSPS) is 16.9. The van der Waals surface area contributed by atoms with Crippen LogP contribution < -0.4 is 0 Å². The molecule has 1 aliphatic rings. The number of rotatable bonds is 9. The molecule has 0 saturated carbocycles. The van der Waals surface area contributed by atoms with Gasteiger partial charge >= 0.3 is 0 Å². The van der Waals surface area contributed by atoms with Gasteiger partial charge in [-0.2, -0.15) is 0 Å². The zero-order valence-electron chi connectivity index (χ0n) is 13.0. The molecule has 1 fully saturated rings. The fraction of sp³-hybridized carbons (Fsp3) is 0.667. The predicted octanol–water partition coefficient (Wildman–Crippen LogP) is 4.15. The van der Waals surface area contributed by atoms with Gasteiger partial charge in [-0.3, -0.25) is 0 Å². The lowest BCUT2D eigenvalue weighted by Crippen LogP contribution is -2.46. The molecule has 0 aromatic heterocycles. The third-order valence-electron chi connectivity index (χ3n) is 4.09. The first-order valence-corrected chi connectivity index (χ1v) is 7.95. The van der Waals surface area contributed by atoms with Gasteiger partial charge in [0, 0.05) is 12.0 Å². The van der Waals surface area contributed by atoms with E-state index in [2.05, 4.69) is 38.1 Å². The van der Waals surface area contributed by atoms with Gasteiger partial charge in [-0.1, -0.05) is 43.2 Å². The molecule has 0 bridgehead atoms. The predicted molar refractivity (Wildman–Crippen MR) is 83.1 cm³/mol. The van der Waals surface area contributed by atoms with Gasteiger partial charge in [0.25, 0.3) is 0 Å². The summed E-state index contributed by atoms with van der Waals surface area (Å²) in [6, 6.07) is 8.80. The summed E-state index contributed by atoms with van der Waals surface area (Å²) >= 11 is 0. The Labute approximate surface area is 123 Å². The SMILES string of the molecule is CCCC1(COCCCCc2cccc(C)c2)COC1. The van der Waals surface area contributed by atoms with E-state index < -0.39 is 0 Å². The fourth-order valence-corrected chi connectivity index (χ4v) is 2.91. The van der Waals surface area contributed by atoms with Crippen LogP contribution in [0.4, 0.5) is 0 Å². The number of aryl methyl sites for hydroxylation is 2. The van der Waals surface area contributed by atoms with Crippen molar-refractivity contribution >= 4 is 0 Å². The van der Waals surface area contributed by atoms with Crippen molar-refractivity contribution in [3.05, 3.63) is 35.4 Å². The molecule has 1 aromatic rings. The summed E-state index contributed by atoms with van der Waals surface area (Å²) in [7, 11) is 0. The Morgan fingerprint density at radius 3 is 2.75 bits per heavy atom. The van der Waals surface area contributed by atoms with Gasteiger partial charge in [-0.25, -0.2) is 0 Å². The molecular formula is C18H28O2. The summed E-state index contributed by atoms with van der Waals surface area (Å²) in [6.45, 7) is 7.94. The molecule has 1 saturated heterocycles. The van der Waals surface area contributed by atoms with Crippen LogP contribution in [-0.4, -0.2) is 26.4 Å². The van der Waals surface area contributed by atoms with Crippen molar-refractivity contribution in [1.29, 1.82) is 0 Å². The molecule has 0 aliphatic carbocycles. The van der Waals surface area contributed by atoms with Crippen molar-refractivity contribution < 1.29 is 9.47 Å². The third-order valence-corrected chi connectivity index (χ3v) is 4.09. The third kappa shape index (κ3) is 4.60. The summed E-state index contributed by atoms with van der Waals surface area (Å²) in [4.78, 5) is 0. The zero-order valence-corrected chi connectivity index (χ0v) is 13.0. The molecule has 1 heterocycles. The highest BCUT2D eigenvalue weighted by Gasteiger charge is 2.37. The van der Waals surface area contributed by atoms with Gasteiger partial charge in [0.2, 0.25) is 0 Å².